The molecule has 1 aromatic rings. The Hall–Kier alpha value is -1.22. The Morgan fingerprint density at radius 3 is 2.75 bits per heavy atom. The molecular weight excluding hydrogens is 248 g/mol. The third-order valence-corrected chi connectivity index (χ3v) is 4.21. The molecule has 1 unspecified atom stereocenters. The summed E-state index contributed by atoms with van der Waals surface area (Å²) in [7, 11) is 0. The van der Waals surface area contributed by atoms with E-state index < -0.39 is 0 Å². The van der Waals surface area contributed by atoms with Crippen LogP contribution in [0.2, 0.25) is 0 Å². The lowest BCUT2D eigenvalue weighted by Gasteiger charge is -2.29. The van der Waals surface area contributed by atoms with Gasteiger partial charge in [0.05, 0.1) is 6.61 Å². The summed E-state index contributed by atoms with van der Waals surface area (Å²) in [6.07, 6.45) is 7.90. The van der Waals surface area contributed by atoms with Crippen molar-refractivity contribution in [2.75, 3.05) is 25.4 Å². The van der Waals surface area contributed by atoms with Gasteiger partial charge >= 0.3 is 0 Å². The third-order valence-electron chi connectivity index (χ3n) is 4.21. The first-order valence-corrected chi connectivity index (χ1v) is 8.02. The van der Waals surface area contributed by atoms with Gasteiger partial charge in [-0.15, -0.1) is 0 Å². The molecular formula is C17H28N2O. The van der Waals surface area contributed by atoms with Gasteiger partial charge in [-0.2, -0.15) is 0 Å². The molecule has 2 N–H and O–H groups in total. The average Bonchev–Trinajstić information content (AvgIpc) is 2.70. The molecule has 3 nitrogen and oxygen atoms in total. The van der Waals surface area contributed by atoms with E-state index in [0.29, 0.717) is 0 Å². The predicted molar refractivity (Wildman–Crippen MR) is 85.1 cm³/mol. The van der Waals surface area contributed by atoms with Gasteiger partial charge in [0, 0.05) is 18.3 Å². The zero-order valence-electron chi connectivity index (χ0n) is 12.7. The van der Waals surface area contributed by atoms with Crippen LogP contribution in [0.25, 0.3) is 0 Å². The number of nitrogens with two attached hydrogens (primary N) is 1. The van der Waals surface area contributed by atoms with E-state index in [1.54, 1.807) is 0 Å². The second kappa shape index (κ2) is 8.15. The Morgan fingerprint density at radius 2 is 2.00 bits per heavy atom. The van der Waals surface area contributed by atoms with Gasteiger partial charge in [-0.05, 0) is 56.5 Å². The molecule has 1 atom stereocenters. The molecule has 1 fully saturated rings. The highest BCUT2D eigenvalue weighted by atomic mass is 16.5. The Balaban J connectivity index is 1.70. The molecule has 1 aliphatic heterocycles. The second-order valence-corrected chi connectivity index (χ2v) is 5.72. The summed E-state index contributed by atoms with van der Waals surface area (Å²) in [6.45, 7) is 5.53. The maximum atomic E-state index is 5.77. The quantitative estimate of drug-likeness (QED) is 0.636. The van der Waals surface area contributed by atoms with Gasteiger partial charge in [-0.1, -0.05) is 19.8 Å². The van der Waals surface area contributed by atoms with Crippen LogP contribution in [0.15, 0.2) is 24.3 Å². The molecule has 0 spiro atoms. The summed E-state index contributed by atoms with van der Waals surface area (Å²) in [5.74, 6) is 0.919. The van der Waals surface area contributed by atoms with Crippen molar-refractivity contribution >= 4 is 5.69 Å². The summed E-state index contributed by atoms with van der Waals surface area (Å²) < 4.78 is 5.77. The number of hydrogen-bond donors (Lipinski definition) is 1. The van der Waals surface area contributed by atoms with E-state index in [-0.39, 0.29) is 0 Å². The Morgan fingerprint density at radius 1 is 1.20 bits per heavy atom. The van der Waals surface area contributed by atoms with Crippen LogP contribution in [-0.4, -0.2) is 30.6 Å². The average molecular weight is 276 g/mol. The first-order valence-electron chi connectivity index (χ1n) is 8.02. The molecule has 3 heteroatoms. The van der Waals surface area contributed by atoms with Crippen LogP contribution in [0, 0.1) is 0 Å². The Labute approximate surface area is 123 Å². The van der Waals surface area contributed by atoms with Gasteiger partial charge in [-0.25, -0.2) is 0 Å². The monoisotopic (exact) mass is 276 g/mol. The van der Waals surface area contributed by atoms with Crippen LogP contribution in [0.4, 0.5) is 5.69 Å². The third kappa shape index (κ3) is 4.71. The highest BCUT2D eigenvalue weighted by Gasteiger charge is 2.18. The maximum Gasteiger partial charge on any atom is 0.119 e. The number of nitrogens with zero attached hydrogens (tertiary/aromatic N) is 1. The molecule has 0 amide bonds. The van der Waals surface area contributed by atoms with Gasteiger partial charge in [-0.3, -0.25) is 0 Å². The Kier molecular flexibility index (Phi) is 6.19. The zero-order chi connectivity index (χ0) is 14.2. The molecule has 0 radical (unpaired) electrons. The molecule has 1 heterocycles. The van der Waals surface area contributed by atoms with Crippen molar-refractivity contribution < 1.29 is 4.74 Å². The maximum absolute atomic E-state index is 5.77. The first-order chi connectivity index (χ1) is 9.79. The second-order valence-electron chi connectivity index (χ2n) is 5.72. The van der Waals surface area contributed by atoms with E-state index in [1.165, 1.54) is 38.6 Å². The van der Waals surface area contributed by atoms with Crippen LogP contribution in [0.5, 0.6) is 5.75 Å². The fraction of sp³-hybridized carbons (Fsp3) is 0.647. The molecule has 0 bridgehead atoms. The standard InChI is InChI=1S/C17H28N2O/c1-2-16-7-4-3-5-12-19(16)13-6-14-20-17-10-8-15(18)9-11-17/h8-11,16H,2-7,12-14,18H2,1H3. The lowest BCUT2D eigenvalue weighted by molar-refractivity contribution is 0.177. The number of anilines is 1. The molecule has 112 valence electrons. The van der Waals surface area contributed by atoms with Gasteiger partial charge in [0.15, 0.2) is 0 Å². The van der Waals surface area contributed by atoms with Crippen LogP contribution < -0.4 is 10.5 Å². The zero-order valence-corrected chi connectivity index (χ0v) is 12.7. The van der Waals surface area contributed by atoms with E-state index in [1.807, 2.05) is 24.3 Å². The van der Waals surface area contributed by atoms with Crippen molar-refractivity contribution in [3.8, 4) is 5.75 Å². The van der Waals surface area contributed by atoms with Crippen LogP contribution in [0.3, 0.4) is 0 Å². The summed E-state index contributed by atoms with van der Waals surface area (Å²) in [5.41, 5.74) is 6.45. The summed E-state index contributed by atoms with van der Waals surface area (Å²) in [5, 5.41) is 0. The van der Waals surface area contributed by atoms with E-state index in [0.717, 1.165) is 37.1 Å². The highest BCUT2D eigenvalue weighted by Crippen LogP contribution is 2.19. The van der Waals surface area contributed by atoms with Crippen LogP contribution in [0.1, 0.15) is 45.4 Å². The summed E-state index contributed by atoms with van der Waals surface area (Å²) >= 11 is 0. The van der Waals surface area contributed by atoms with Crippen molar-refractivity contribution in [1.29, 1.82) is 0 Å². The van der Waals surface area contributed by atoms with Crippen molar-refractivity contribution in [2.24, 2.45) is 0 Å². The normalized spacial score (nSPS) is 20.6. The van der Waals surface area contributed by atoms with Crippen LogP contribution >= 0.6 is 0 Å². The minimum Gasteiger partial charge on any atom is -0.494 e. The van der Waals surface area contributed by atoms with Crippen molar-refractivity contribution in [3.63, 3.8) is 0 Å². The number of rotatable bonds is 6. The van der Waals surface area contributed by atoms with E-state index in [9.17, 15) is 0 Å². The van der Waals surface area contributed by atoms with Crippen molar-refractivity contribution in [2.45, 2.75) is 51.5 Å². The van der Waals surface area contributed by atoms with Gasteiger partial charge in [0.25, 0.3) is 0 Å². The predicted octanol–water partition coefficient (Wildman–Crippen LogP) is 3.69. The highest BCUT2D eigenvalue weighted by molar-refractivity contribution is 5.41. The van der Waals surface area contributed by atoms with Crippen molar-refractivity contribution in [1.82, 2.24) is 4.90 Å². The first kappa shape index (κ1) is 15.2. The fourth-order valence-corrected chi connectivity index (χ4v) is 3.02. The molecule has 0 aliphatic carbocycles. The lowest BCUT2D eigenvalue weighted by atomic mass is 10.1. The van der Waals surface area contributed by atoms with E-state index in [4.69, 9.17) is 10.5 Å². The topological polar surface area (TPSA) is 38.5 Å². The van der Waals surface area contributed by atoms with E-state index >= 15 is 0 Å². The van der Waals surface area contributed by atoms with E-state index in [2.05, 4.69) is 11.8 Å². The molecule has 1 saturated heterocycles. The smallest absolute Gasteiger partial charge is 0.119 e. The Bertz CT molecular complexity index is 377. The fourth-order valence-electron chi connectivity index (χ4n) is 3.02. The molecule has 0 aromatic heterocycles. The van der Waals surface area contributed by atoms with Crippen LogP contribution in [-0.2, 0) is 0 Å². The molecule has 20 heavy (non-hydrogen) atoms. The number of benzene rings is 1. The molecule has 2 rings (SSSR count). The number of nitrogen functional groups attached to an aromatic ring is 1. The SMILES string of the molecule is CCC1CCCCCN1CCCOc1ccc(N)cc1. The number of hydrogen-bond acceptors (Lipinski definition) is 3. The lowest BCUT2D eigenvalue weighted by Crippen LogP contribution is -2.35. The molecule has 1 aliphatic rings. The largest absolute Gasteiger partial charge is 0.494 e. The molecule has 0 saturated carbocycles. The number of likely N-dealkylation sites (tertiary alicyclic amines) is 1. The van der Waals surface area contributed by atoms with Gasteiger partial charge < -0.3 is 15.4 Å². The summed E-state index contributed by atoms with van der Waals surface area (Å²) in [4.78, 5) is 2.67. The van der Waals surface area contributed by atoms with Gasteiger partial charge in [0.1, 0.15) is 5.75 Å². The molecule has 1 aromatic carbocycles. The minimum absolute atomic E-state index is 0.785. The van der Waals surface area contributed by atoms with Crippen molar-refractivity contribution in [3.05, 3.63) is 24.3 Å². The minimum atomic E-state index is 0.785. The summed E-state index contributed by atoms with van der Waals surface area (Å²) in [6, 6.07) is 8.44. The van der Waals surface area contributed by atoms with Gasteiger partial charge in [0.2, 0.25) is 0 Å². The number of ether oxygens (including phenoxy) is 1.